The van der Waals surface area contributed by atoms with Gasteiger partial charge in [-0.3, -0.25) is 0 Å². The Balaban J connectivity index is 5.26. The third-order valence-electron chi connectivity index (χ3n) is 2.86. The molecule has 0 aromatic heterocycles. The van der Waals surface area contributed by atoms with E-state index < -0.39 is 11.7 Å². The van der Waals surface area contributed by atoms with Gasteiger partial charge in [0.1, 0.15) is 0 Å². The summed E-state index contributed by atoms with van der Waals surface area (Å²) in [5.41, 5.74) is 1.19. The average Bonchev–Trinajstić information content (AvgIpc) is 2.50. The van der Waals surface area contributed by atoms with Gasteiger partial charge < -0.3 is 0 Å². The standard InChI is InChI=1S/C18H22F2Se/c1-8-12(3)10-11-13(4)14(5)17(19)18(20)15(6)16(9-2)21-7/h9-11H,3-6,8H2,1-2,7H3/b11-10-,16-9-,18-17-. The third-order valence-corrected chi connectivity index (χ3v) is 4.80. The van der Waals surface area contributed by atoms with Gasteiger partial charge in [0.2, 0.25) is 0 Å². The fraction of sp³-hybridized carbons (Fsp3) is 0.222. The second-order valence-corrected chi connectivity index (χ2v) is 6.09. The van der Waals surface area contributed by atoms with Crippen molar-refractivity contribution in [2.75, 3.05) is 0 Å². The van der Waals surface area contributed by atoms with Crippen LogP contribution in [0, 0.1) is 0 Å². The van der Waals surface area contributed by atoms with Gasteiger partial charge in [0, 0.05) is 0 Å². The maximum absolute atomic E-state index is 14.1. The van der Waals surface area contributed by atoms with E-state index in [-0.39, 0.29) is 26.1 Å². The number of allylic oxidation sites excluding steroid dienone is 10. The van der Waals surface area contributed by atoms with Crippen molar-refractivity contribution in [1.29, 1.82) is 0 Å². The molecular weight excluding hydrogens is 333 g/mol. The Morgan fingerprint density at radius 3 is 1.95 bits per heavy atom. The third kappa shape index (κ3) is 5.82. The van der Waals surface area contributed by atoms with Crippen LogP contribution in [0.1, 0.15) is 20.3 Å². The quantitative estimate of drug-likeness (QED) is 0.371. The number of halogens is 2. The van der Waals surface area contributed by atoms with Gasteiger partial charge in [0.05, 0.1) is 0 Å². The molecule has 0 saturated carbocycles. The Morgan fingerprint density at radius 2 is 1.52 bits per heavy atom. The molecular formula is C18H22F2Se. The van der Waals surface area contributed by atoms with E-state index in [1.54, 1.807) is 25.2 Å². The molecule has 0 heterocycles. The van der Waals surface area contributed by atoms with Crippen molar-refractivity contribution in [3.63, 3.8) is 0 Å². The molecule has 0 atom stereocenters. The molecule has 0 aromatic carbocycles. The number of rotatable bonds is 8. The molecule has 0 N–H and O–H groups in total. The molecule has 0 aliphatic carbocycles. The molecule has 0 aliphatic rings. The van der Waals surface area contributed by atoms with Crippen LogP contribution in [0.25, 0.3) is 0 Å². The van der Waals surface area contributed by atoms with Crippen molar-refractivity contribution < 1.29 is 8.78 Å². The summed E-state index contributed by atoms with van der Waals surface area (Å²) >= 11 is 0.0422. The summed E-state index contributed by atoms with van der Waals surface area (Å²) in [6.45, 7) is 18.4. The van der Waals surface area contributed by atoms with Gasteiger partial charge in [-0.05, 0) is 0 Å². The first-order valence-corrected chi connectivity index (χ1v) is 9.06. The van der Waals surface area contributed by atoms with Crippen LogP contribution in [0.5, 0.6) is 0 Å². The summed E-state index contributed by atoms with van der Waals surface area (Å²) in [6, 6.07) is 0. The minimum absolute atomic E-state index is 0.0422. The van der Waals surface area contributed by atoms with Gasteiger partial charge >= 0.3 is 133 Å². The van der Waals surface area contributed by atoms with Crippen molar-refractivity contribution in [3.05, 3.63) is 83.0 Å². The van der Waals surface area contributed by atoms with Crippen LogP contribution < -0.4 is 0 Å². The molecule has 0 nitrogen and oxygen atoms in total. The summed E-state index contributed by atoms with van der Waals surface area (Å²) in [4.78, 5) is 0. The topological polar surface area (TPSA) is 0 Å². The van der Waals surface area contributed by atoms with Gasteiger partial charge in [-0.15, -0.1) is 0 Å². The maximum atomic E-state index is 14.1. The second kappa shape index (κ2) is 9.49. The molecule has 0 radical (unpaired) electrons. The van der Waals surface area contributed by atoms with Crippen molar-refractivity contribution in [3.8, 4) is 0 Å². The Hall–Kier alpha value is -1.44. The molecule has 0 saturated heterocycles. The van der Waals surface area contributed by atoms with Crippen molar-refractivity contribution in [2.45, 2.75) is 26.1 Å². The van der Waals surface area contributed by atoms with Crippen LogP contribution in [0.3, 0.4) is 0 Å². The van der Waals surface area contributed by atoms with Crippen molar-refractivity contribution >= 4 is 15.0 Å². The number of hydrogen-bond donors (Lipinski definition) is 0. The minimum atomic E-state index is -1.01. The molecule has 0 spiro atoms. The van der Waals surface area contributed by atoms with Crippen LogP contribution in [-0.2, 0) is 0 Å². The van der Waals surface area contributed by atoms with E-state index in [1.807, 2.05) is 12.7 Å². The molecule has 0 unspecified atom stereocenters. The zero-order chi connectivity index (χ0) is 16.6. The van der Waals surface area contributed by atoms with Crippen LogP contribution in [0.4, 0.5) is 8.78 Å². The van der Waals surface area contributed by atoms with Gasteiger partial charge in [0.25, 0.3) is 0 Å². The molecule has 3 heteroatoms. The van der Waals surface area contributed by atoms with Gasteiger partial charge in [-0.1, -0.05) is 0 Å². The fourth-order valence-electron chi connectivity index (χ4n) is 1.37. The van der Waals surface area contributed by atoms with E-state index in [4.69, 9.17) is 0 Å². The van der Waals surface area contributed by atoms with Crippen LogP contribution in [-0.4, -0.2) is 15.0 Å². The SMILES string of the molecule is C=C(/C=C\C(=C)C(=C)/C(F)=C(/F)C(=C)/C(=C/C)[Se]C)CC. The Bertz CT molecular complexity index is 546. The van der Waals surface area contributed by atoms with E-state index in [9.17, 15) is 8.78 Å². The summed E-state index contributed by atoms with van der Waals surface area (Å²) < 4.78 is 29.0. The Kier molecular flexibility index (Phi) is 8.84. The Labute approximate surface area is 133 Å². The van der Waals surface area contributed by atoms with Crippen LogP contribution in [0.15, 0.2) is 83.0 Å². The number of hydrogen-bond acceptors (Lipinski definition) is 0. The van der Waals surface area contributed by atoms with E-state index in [0.29, 0.717) is 5.57 Å². The van der Waals surface area contributed by atoms with E-state index >= 15 is 0 Å². The predicted molar refractivity (Wildman–Crippen MR) is 90.6 cm³/mol. The Morgan fingerprint density at radius 1 is 1.00 bits per heavy atom. The molecule has 0 aliphatic heterocycles. The summed E-state index contributed by atoms with van der Waals surface area (Å²) in [5, 5.41) is 0. The second-order valence-electron chi connectivity index (χ2n) is 4.31. The summed E-state index contributed by atoms with van der Waals surface area (Å²) in [7, 11) is 0. The van der Waals surface area contributed by atoms with Gasteiger partial charge in [-0.2, -0.15) is 0 Å². The van der Waals surface area contributed by atoms with Crippen molar-refractivity contribution in [1.82, 2.24) is 0 Å². The molecule has 0 aromatic rings. The van der Waals surface area contributed by atoms with E-state index in [1.165, 1.54) is 0 Å². The fourth-order valence-corrected chi connectivity index (χ4v) is 2.57. The van der Waals surface area contributed by atoms with Crippen LogP contribution >= 0.6 is 0 Å². The first kappa shape index (κ1) is 19.6. The predicted octanol–water partition coefficient (Wildman–Crippen LogP) is 5.98. The molecule has 0 fully saturated rings. The van der Waals surface area contributed by atoms with Crippen LogP contribution in [0.2, 0.25) is 5.82 Å². The summed E-state index contributed by atoms with van der Waals surface area (Å²) in [5.74, 6) is -0.0630. The normalized spacial score (nSPS) is 13.1. The first-order valence-electron chi connectivity index (χ1n) is 6.49. The van der Waals surface area contributed by atoms with Crippen molar-refractivity contribution in [2.24, 2.45) is 0 Å². The molecule has 0 amide bonds. The van der Waals surface area contributed by atoms with Gasteiger partial charge in [-0.25, -0.2) is 0 Å². The monoisotopic (exact) mass is 356 g/mol. The average molecular weight is 355 g/mol. The molecule has 0 rings (SSSR count). The van der Waals surface area contributed by atoms with Gasteiger partial charge in [0.15, 0.2) is 0 Å². The van der Waals surface area contributed by atoms with E-state index in [0.717, 1.165) is 16.5 Å². The molecule has 114 valence electrons. The zero-order valence-electron chi connectivity index (χ0n) is 12.9. The first-order chi connectivity index (χ1) is 9.79. The summed E-state index contributed by atoms with van der Waals surface area (Å²) in [6.07, 6.45) is 5.84. The zero-order valence-corrected chi connectivity index (χ0v) is 14.6. The molecule has 0 bridgehead atoms. The molecule has 21 heavy (non-hydrogen) atoms. The van der Waals surface area contributed by atoms with E-state index in [2.05, 4.69) is 26.3 Å².